The molecule has 0 aliphatic rings. The van der Waals surface area contributed by atoms with Gasteiger partial charge in [-0.05, 0) is 36.2 Å². The maximum Gasteiger partial charge on any atom is 0.287 e. The van der Waals surface area contributed by atoms with E-state index in [1.807, 2.05) is 0 Å². The summed E-state index contributed by atoms with van der Waals surface area (Å²) in [5.74, 6) is -1.11. The molecule has 1 aromatic carbocycles. The van der Waals surface area contributed by atoms with E-state index in [1.54, 1.807) is 19.9 Å². The number of phenolic OH excluding ortho intramolecular Hbond substituents is 1. The number of hydrogen-bond donors (Lipinski definition) is 3. The number of aromatic hydroxyl groups is 1. The van der Waals surface area contributed by atoms with Crippen LogP contribution in [0.3, 0.4) is 0 Å². The molecule has 3 N–H and O–H groups in total. The molecule has 122 valence electrons. The zero-order valence-corrected chi connectivity index (χ0v) is 13.4. The summed E-state index contributed by atoms with van der Waals surface area (Å²) in [6.07, 6.45) is 1.38. The van der Waals surface area contributed by atoms with Gasteiger partial charge in [0, 0.05) is 5.02 Å². The monoisotopic (exact) mass is 336 g/mol. The van der Waals surface area contributed by atoms with Gasteiger partial charge in [0.1, 0.15) is 11.8 Å². The van der Waals surface area contributed by atoms with Gasteiger partial charge in [-0.15, -0.1) is 0 Å². The molecule has 0 bridgehead atoms. The van der Waals surface area contributed by atoms with Gasteiger partial charge < -0.3 is 20.2 Å². The van der Waals surface area contributed by atoms with Crippen LogP contribution in [-0.4, -0.2) is 23.0 Å². The Kier molecular flexibility index (Phi) is 5.28. The van der Waals surface area contributed by atoms with E-state index in [1.165, 1.54) is 30.5 Å². The molecule has 1 heterocycles. The maximum absolute atomic E-state index is 12.4. The first-order valence-corrected chi connectivity index (χ1v) is 7.40. The average molecular weight is 337 g/mol. The number of phenols is 1. The van der Waals surface area contributed by atoms with Crippen molar-refractivity contribution >= 4 is 29.1 Å². The van der Waals surface area contributed by atoms with E-state index in [9.17, 15) is 14.7 Å². The van der Waals surface area contributed by atoms with Crippen LogP contribution in [0, 0.1) is 5.92 Å². The second-order valence-electron chi connectivity index (χ2n) is 5.32. The lowest BCUT2D eigenvalue weighted by molar-refractivity contribution is -0.118. The predicted octanol–water partition coefficient (Wildman–Crippen LogP) is 3.03. The number of anilines is 1. The van der Waals surface area contributed by atoms with Gasteiger partial charge in [-0.25, -0.2) is 0 Å². The van der Waals surface area contributed by atoms with Crippen LogP contribution in [0.1, 0.15) is 24.4 Å². The van der Waals surface area contributed by atoms with Crippen LogP contribution in [0.15, 0.2) is 41.0 Å². The Morgan fingerprint density at radius 2 is 2.00 bits per heavy atom. The lowest BCUT2D eigenvalue weighted by Crippen LogP contribution is -2.47. The van der Waals surface area contributed by atoms with E-state index >= 15 is 0 Å². The second kappa shape index (κ2) is 7.19. The molecule has 0 aliphatic carbocycles. The molecule has 0 fully saturated rings. The Bertz CT molecular complexity index is 698. The highest BCUT2D eigenvalue weighted by Crippen LogP contribution is 2.26. The van der Waals surface area contributed by atoms with Crippen molar-refractivity contribution in [3.63, 3.8) is 0 Å². The summed E-state index contributed by atoms with van der Waals surface area (Å²) in [5, 5.41) is 15.3. The summed E-state index contributed by atoms with van der Waals surface area (Å²) in [7, 11) is 0. The van der Waals surface area contributed by atoms with Crippen LogP contribution in [0.5, 0.6) is 5.75 Å². The molecule has 0 aliphatic heterocycles. The highest BCUT2D eigenvalue weighted by atomic mass is 35.5. The van der Waals surface area contributed by atoms with Crippen molar-refractivity contribution in [3.8, 4) is 5.75 Å². The fourth-order valence-corrected chi connectivity index (χ4v) is 2.15. The Morgan fingerprint density at radius 1 is 1.26 bits per heavy atom. The number of hydrogen-bond acceptors (Lipinski definition) is 4. The van der Waals surface area contributed by atoms with Crippen LogP contribution >= 0.6 is 11.6 Å². The van der Waals surface area contributed by atoms with Crippen LogP contribution in [0.4, 0.5) is 5.69 Å². The SMILES string of the molecule is CC(C)C(NC(=O)c1ccco1)C(=O)Nc1cc(Cl)ccc1O. The van der Waals surface area contributed by atoms with Gasteiger partial charge in [-0.2, -0.15) is 0 Å². The molecule has 7 heteroatoms. The van der Waals surface area contributed by atoms with Gasteiger partial charge in [0.2, 0.25) is 5.91 Å². The van der Waals surface area contributed by atoms with Gasteiger partial charge in [0.05, 0.1) is 12.0 Å². The summed E-state index contributed by atoms with van der Waals surface area (Å²) in [6, 6.07) is 6.61. The molecule has 0 saturated carbocycles. The molecular formula is C16H17ClN2O4. The number of furan rings is 1. The molecule has 0 spiro atoms. The minimum atomic E-state index is -0.800. The molecule has 6 nitrogen and oxygen atoms in total. The van der Waals surface area contributed by atoms with Crippen molar-refractivity contribution in [2.24, 2.45) is 5.92 Å². The Morgan fingerprint density at radius 3 is 2.61 bits per heavy atom. The summed E-state index contributed by atoms with van der Waals surface area (Å²) in [5.41, 5.74) is 0.181. The van der Waals surface area contributed by atoms with Crippen molar-refractivity contribution in [3.05, 3.63) is 47.4 Å². The third-order valence-corrected chi connectivity index (χ3v) is 3.43. The molecule has 0 saturated heterocycles. The predicted molar refractivity (Wildman–Crippen MR) is 86.5 cm³/mol. The van der Waals surface area contributed by atoms with Crippen molar-refractivity contribution in [2.45, 2.75) is 19.9 Å². The minimum absolute atomic E-state index is 0.109. The Labute approximate surface area is 138 Å². The molecule has 1 atom stereocenters. The zero-order valence-electron chi connectivity index (χ0n) is 12.7. The van der Waals surface area contributed by atoms with E-state index in [2.05, 4.69) is 10.6 Å². The first kappa shape index (κ1) is 16.9. The van der Waals surface area contributed by atoms with Crippen LogP contribution in [0.25, 0.3) is 0 Å². The third-order valence-electron chi connectivity index (χ3n) is 3.20. The number of halogens is 1. The summed E-state index contributed by atoms with van der Waals surface area (Å²) in [4.78, 5) is 24.5. The molecule has 0 radical (unpaired) electrons. The van der Waals surface area contributed by atoms with E-state index in [4.69, 9.17) is 16.0 Å². The first-order chi connectivity index (χ1) is 10.9. The van der Waals surface area contributed by atoms with E-state index in [-0.39, 0.29) is 23.1 Å². The summed E-state index contributed by atoms with van der Waals surface area (Å²) in [6.45, 7) is 3.59. The van der Waals surface area contributed by atoms with Crippen molar-refractivity contribution in [1.29, 1.82) is 0 Å². The molecule has 2 amide bonds. The van der Waals surface area contributed by atoms with Crippen molar-refractivity contribution in [2.75, 3.05) is 5.32 Å². The largest absolute Gasteiger partial charge is 0.506 e. The second-order valence-corrected chi connectivity index (χ2v) is 5.76. The highest BCUT2D eigenvalue weighted by molar-refractivity contribution is 6.31. The van der Waals surface area contributed by atoms with E-state index in [0.717, 1.165) is 0 Å². The van der Waals surface area contributed by atoms with Gasteiger partial charge in [-0.3, -0.25) is 9.59 Å². The first-order valence-electron chi connectivity index (χ1n) is 7.02. The third kappa shape index (κ3) is 4.26. The topological polar surface area (TPSA) is 91.6 Å². The zero-order chi connectivity index (χ0) is 17.0. The Hall–Kier alpha value is -2.47. The Balaban J connectivity index is 2.12. The lowest BCUT2D eigenvalue weighted by atomic mass is 10.0. The molecule has 1 aromatic heterocycles. The highest BCUT2D eigenvalue weighted by Gasteiger charge is 2.26. The number of amides is 2. The number of carbonyl (C=O) groups is 2. The minimum Gasteiger partial charge on any atom is -0.506 e. The van der Waals surface area contributed by atoms with Gasteiger partial charge >= 0.3 is 0 Å². The van der Waals surface area contributed by atoms with Gasteiger partial charge in [0.15, 0.2) is 5.76 Å². The smallest absolute Gasteiger partial charge is 0.287 e. The normalized spacial score (nSPS) is 12.0. The summed E-state index contributed by atoms with van der Waals surface area (Å²) >= 11 is 5.85. The lowest BCUT2D eigenvalue weighted by Gasteiger charge is -2.21. The average Bonchev–Trinajstić information content (AvgIpc) is 3.02. The standard InChI is InChI=1S/C16H17ClN2O4/c1-9(2)14(19-15(21)13-4-3-7-23-13)16(22)18-11-8-10(17)5-6-12(11)20/h3-9,14,20H,1-2H3,(H,18,22)(H,19,21). The molecular weight excluding hydrogens is 320 g/mol. The van der Waals surface area contributed by atoms with Gasteiger partial charge in [0.25, 0.3) is 5.91 Å². The molecule has 23 heavy (non-hydrogen) atoms. The quantitative estimate of drug-likeness (QED) is 0.732. The molecule has 2 aromatic rings. The number of benzene rings is 1. The number of nitrogens with one attached hydrogen (secondary N) is 2. The van der Waals surface area contributed by atoms with Crippen LogP contribution in [-0.2, 0) is 4.79 Å². The van der Waals surface area contributed by atoms with Gasteiger partial charge in [-0.1, -0.05) is 25.4 Å². The van der Waals surface area contributed by atoms with E-state index < -0.39 is 17.9 Å². The van der Waals surface area contributed by atoms with E-state index in [0.29, 0.717) is 5.02 Å². The molecule has 1 unspecified atom stereocenters. The number of carbonyl (C=O) groups excluding carboxylic acids is 2. The van der Waals surface area contributed by atoms with Crippen molar-refractivity contribution in [1.82, 2.24) is 5.32 Å². The van der Waals surface area contributed by atoms with Crippen molar-refractivity contribution < 1.29 is 19.1 Å². The fourth-order valence-electron chi connectivity index (χ4n) is 1.97. The maximum atomic E-state index is 12.4. The van der Waals surface area contributed by atoms with Crippen LogP contribution in [0.2, 0.25) is 5.02 Å². The number of rotatable bonds is 5. The summed E-state index contributed by atoms with van der Waals surface area (Å²) < 4.78 is 5.01. The fraction of sp³-hybridized carbons (Fsp3) is 0.250. The molecule has 2 rings (SSSR count). The van der Waals surface area contributed by atoms with Crippen LogP contribution < -0.4 is 10.6 Å².